The van der Waals surface area contributed by atoms with Gasteiger partial charge in [0.1, 0.15) is 6.61 Å². The topological polar surface area (TPSA) is 35.2 Å². The molecule has 2 N–H and O–H groups in total. The number of rotatable bonds is 4. The first kappa shape index (κ1) is 9.78. The molecule has 0 rings (SSSR count). The van der Waals surface area contributed by atoms with Crippen molar-refractivity contribution in [3.63, 3.8) is 0 Å². The fourth-order valence-corrected chi connectivity index (χ4v) is 0.376. The number of hydrogen-bond donors (Lipinski definition) is 1. The Balaban J connectivity index is 3.30. The van der Waals surface area contributed by atoms with Gasteiger partial charge in [-0.3, -0.25) is 0 Å². The summed E-state index contributed by atoms with van der Waals surface area (Å²) in [5, 5.41) is 0. The monoisotopic (exact) mass is 153 g/mol. The lowest BCUT2D eigenvalue weighted by molar-refractivity contribution is -0.0237. The van der Waals surface area contributed by atoms with Gasteiger partial charge in [-0.1, -0.05) is 0 Å². The molecule has 2 atom stereocenters. The fourth-order valence-electron chi connectivity index (χ4n) is 0.376. The van der Waals surface area contributed by atoms with Crippen LogP contribution in [0.2, 0.25) is 0 Å². The molecule has 0 aromatic carbocycles. The zero-order valence-electron chi connectivity index (χ0n) is 6.18. The highest BCUT2D eigenvalue weighted by Crippen LogP contribution is 1.99. The number of alkyl halides is 2. The Labute approximate surface area is 59.3 Å². The minimum absolute atomic E-state index is 0.196. The minimum atomic E-state index is -2.40. The lowest BCUT2D eigenvalue weighted by atomic mass is 10.2. The van der Waals surface area contributed by atoms with E-state index in [9.17, 15) is 8.78 Å². The first-order valence-corrected chi connectivity index (χ1v) is 3.19. The molecule has 1 unspecified atom stereocenters. The van der Waals surface area contributed by atoms with Crippen LogP contribution in [-0.2, 0) is 4.74 Å². The van der Waals surface area contributed by atoms with Gasteiger partial charge in [0.25, 0.3) is 6.43 Å². The Hall–Kier alpha value is -0.220. The molecule has 0 aliphatic carbocycles. The molecular formula is C6H13F2NO. The van der Waals surface area contributed by atoms with E-state index in [-0.39, 0.29) is 12.1 Å². The van der Waals surface area contributed by atoms with Crippen LogP contribution in [0.1, 0.15) is 13.8 Å². The summed E-state index contributed by atoms with van der Waals surface area (Å²) in [4.78, 5) is 0. The van der Waals surface area contributed by atoms with E-state index in [1.807, 2.05) is 0 Å². The van der Waals surface area contributed by atoms with Gasteiger partial charge < -0.3 is 10.5 Å². The van der Waals surface area contributed by atoms with Crippen LogP contribution >= 0.6 is 0 Å². The van der Waals surface area contributed by atoms with Crippen molar-refractivity contribution in [2.24, 2.45) is 5.73 Å². The third-order valence-corrected chi connectivity index (χ3v) is 1.23. The maximum atomic E-state index is 11.5. The first-order valence-electron chi connectivity index (χ1n) is 3.19. The van der Waals surface area contributed by atoms with Gasteiger partial charge in [0, 0.05) is 6.04 Å². The molecule has 0 radical (unpaired) electrons. The largest absolute Gasteiger partial charge is 0.371 e. The van der Waals surface area contributed by atoms with Crippen molar-refractivity contribution in [2.45, 2.75) is 32.4 Å². The van der Waals surface area contributed by atoms with Crippen LogP contribution in [0.25, 0.3) is 0 Å². The van der Waals surface area contributed by atoms with Gasteiger partial charge in [-0.25, -0.2) is 8.78 Å². The van der Waals surface area contributed by atoms with E-state index in [1.54, 1.807) is 13.8 Å². The maximum Gasteiger partial charge on any atom is 0.261 e. The van der Waals surface area contributed by atoms with Gasteiger partial charge in [-0.2, -0.15) is 0 Å². The second kappa shape index (κ2) is 4.57. The van der Waals surface area contributed by atoms with Gasteiger partial charge in [-0.15, -0.1) is 0 Å². The average molecular weight is 153 g/mol. The zero-order valence-corrected chi connectivity index (χ0v) is 6.18. The van der Waals surface area contributed by atoms with Gasteiger partial charge in [0.15, 0.2) is 0 Å². The van der Waals surface area contributed by atoms with Crippen molar-refractivity contribution in [3.05, 3.63) is 0 Å². The van der Waals surface area contributed by atoms with Gasteiger partial charge in [0.05, 0.1) is 6.10 Å². The van der Waals surface area contributed by atoms with Crippen molar-refractivity contribution in [2.75, 3.05) is 6.61 Å². The second-order valence-corrected chi connectivity index (χ2v) is 2.29. The SMILES string of the molecule is CC(OCC(F)F)[C@H](C)N. The predicted molar refractivity (Wildman–Crippen MR) is 35.1 cm³/mol. The van der Waals surface area contributed by atoms with Crippen molar-refractivity contribution >= 4 is 0 Å². The van der Waals surface area contributed by atoms with Crippen molar-refractivity contribution < 1.29 is 13.5 Å². The van der Waals surface area contributed by atoms with Crippen LogP contribution < -0.4 is 5.73 Å². The molecule has 62 valence electrons. The summed E-state index contributed by atoms with van der Waals surface area (Å²) in [7, 11) is 0. The zero-order chi connectivity index (χ0) is 8.15. The summed E-state index contributed by atoms with van der Waals surface area (Å²) >= 11 is 0. The molecule has 0 aromatic rings. The number of nitrogens with two attached hydrogens (primary N) is 1. The Morgan fingerprint density at radius 1 is 1.40 bits per heavy atom. The Bertz CT molecular complexity index is 87.8. The molecule has 0 saturated heterocycles. The second-order valence-electron chi connectivity index (χ2n) is 2.29. The van der Waals surface area contributed by atoms with Crippen molar-refractivity contribution in [3.8, 4) is 0 Å². The standard InChI is InChI=1S/C6H13F2NO/c1-4(9)5(2)10-3-6(7)8/h4-6H,3,9H2,1-2H3/t4-,5?/m0/s1. The Kier molecular flexibility index (Phi) is 4.47. The Morgan fingerprint density at radius 2 is 1.90 bits per heavy atom. The summed E-state index contributed by atoms with van der Waals surface area (Å²) in [6, 6.07) is -0.196. The molecule has 0 aliphatic heterocycles. The third kappa shape index (κ3) is 4.64. The van der Waals surface area contributed by atoms with E-state index in [2.05, 4.69) is 4.74 Å². The predicted octanol–water partition coefficient (Wildman–Crippen LogP) is 1.00. The van der Waals surface area contributed by atoms with Crippen LogP contribution in [0.4, 0.5) is 8.78 Å². The molecule has 0 spiro atoms. The Morgan fingerprint density at radius 3 is 2.20 bits per heavy atom. The van der Waals surface area contributed by atoms with E-state index >= 15 is 0 Å². The molecule has 0 aliphatic rings. The molecule has 0 aromatic heterocycles. The highest BCUT2D eigenvalue weighted by atomic mass is 19.3. The summed E-state index contributed by atoms with van der Waals surface area (Å²) in [6.07, 6.45) is -2.70. The summed E-state index contributed by atoms with van der Waals surface area (Å²) in [6.45, 7) is 2.87. The van der Waals surface area contributed by atoms with E-state index in [0.717, 1.165) is 0 Å². The highest BCUT2D eigenvalue weighted by Gasteiger charge is 2.10. The number of hydrogen-bond acceptors (Lipinski definition) is 2. The summed E-state index contributed by atoms with van der Waals surface area (Å²) in [5.74, 6) is 0. The van der Waals surface area contributed by atoms with E-state index < -0.39 is 13.0 Å². The minimum Gasteiger partial charge on any atom is -0.371 e. The summed E-state index contributed by atoms with van der Waals surface area (Å²) < 4.78 is 27.7. The molecule has 0 saturated carbocycles. The smallest absolute Gasteiger partial charge is 0.261 e. The molecule has 0 bridgehead atoms. The molecule has 0 heterocycles. The quantitative estimate of drug-likeness (QED) is 0.654. The first-order chi connectivity index (χ1) is 4.54. The molecule has 2 nitrogen and oxygen atoms in total. The lowest BCUT2D eigenvalue weighted by Crippen LogP contribution is -2.32. The van der Waals surface area contributed by atoms with E-state index in [1.165, 1.54) is 0 Å². The molecule has 10 heavy (non-hydrogen) atoms. The van der Waals surface area contributed by atoms with Gasteiger partial charge in [0.2, 0.25) is 0 Å². The van der Waals surface area contributed by atoms with Crippen LogP contribution in [0.15, 0.2) is 0 Å². The van der Waals surface area contributed by atoms with Crippen molar-refractivity contribution in [1.82, 2.24) is 0 Å². The number of halogens is 2. The van der Waals surface area contributed by atoms with E-state index in [4.69, 9.17) is 5.73 Å². The molecular weight excluding hydrogens is 140 g/mol. The number of ether oxygens (including phenoxy) is 1. The normalized spacial score (nSPS) is 17.4. The summed E-state index contributed by atoms with van der Waals surface area (Å²) in [5.41, 5.74) is 5.35. The third-order valence-electron chi connectivity index (χ3n) is 1.23. The van der Waals surface area contributed by atoms with Crippen LogP contribution in [0, 0.1) is 0 Å². The van der Waals surface area contributed by atoms with Crippen molar-refractivity contribution in [1.29, 1.82) is 0 Å². The average Bonchev–Trinajstić information content (AvgIpc) is 1.82. The van der Waals surface area contributed by atoms with Gasteiger partial charge >= 0.3 is 0 Å². The van der Waals surface area contributed by atoms with Crippen LogP contribution in [0.3, 0.4) is 0 Å². The van der Waals surface area contributed by atoms with Gasteiger partial charge in [-0.05, 0) is 13.8 Å². The molecule has 4 heteroatoms. The molecule has 0 amide bonds. The highest BCUT2D eigenvalue weighted by molar-refractivity contribution is 4.61. The lowest BCUT2D eigenvalue weighted by Gasteiger charge is -2.15. The van der Waals surface area contributed by atoms with Crippen LogP contribution in [-0.4, -0.2) is 25.2 Å². The maximum absolute atomic E-state index is 11.5. The van der Waals surface area contributed by atoms with E-state index in [0.29, 0.717) is 0 Å². The van der Waals surface area contributed by atoms with Crippen LogP contribution in [0.5, 0.6) is 0 Å². The fraction of sp³-hybridized carbons (Fsp3) is 1.00. The molecule has 0 fully saturated rings.